The van der Waals surface area contributed by atoms with E-state index in [-0.39, 0.29) is 18.6 Å². The monoisotopic (exact) mass is 386 g/mol. The van der Waals surface area contributed by atoms with Crippen molar-refractivity contribution in [2.75, 3.05) is 26.2 Å². The fraction of sp³-hybridized carbons (Fsp3) is 0.500. The SMILES string of the molecule is Cc1cccc(C)c1OCC(=O)NC[C@@H](c1cccs1)N1CCCCCC1. The molecule has 1 N–H and O–H groups in total. The van der Waals surface area contributed by atoms with Gasteiger partial charge in [-0.2, -0.15) is 0 Å². The average molecular weight is 387 g/mol. The van der Waals surface area contributed by atoms with Crippen molar-refractivity contribution in [3.8, 4) is 5.75 Å². The number of nitrogens with one attached hydrogen (secondary N) is 1. The summed E-state index contributed by atoms with van der Waals surface area (Å²) in [4.78, 5) is 16.3. The molecule has 2 aromatic rings. The number of para-hydroxylation sites is 1. The van der Waals surface area contributed by atoms with Gasteiger partial charge >= 0.3 is 0 Å². The molecule has 1 aliphatic rings. The molecule has 0 saturated carbocycles. The van der Waals surface area contributed by atoms with Crippen LogP contribution in [0.3, 0.4) is 0 Å². The van der Waals surface area contributed by atoms with Gasteiger partial charge in [-0.25, -0.2) is 0 Å². The smallest absolute Gasteiger partial charge is 0.258 e. The van der Waals surface area contributed by atoms with Crippen molar-refractivity contribution in [3.05, 3.63) is 51.7 Å². The Kier molecular flexibility index (Phi) is 7.30. The summed E-state index contributed by atoms with van der Waals surface area (Å²) in [6, 6.07) is 10.5. The van der Waals surface area contributed by atoms with Crippen LogP contribution in [0.4, 0.5) is 0 Å². The molecule has 1 aliphatic heterocycles. The van der Waals surface area contributed by atoms with Crippen LogP contribution in [0.2, 0.25) is 0 Å². The van der Waals surface area contributed by atoms with Crippen LogP contribution in [-0.4, -0.2) is 37.0 Å². The van der Waals surface area contributed by atoms with Gasteiger partial charge in [0.1, 0.15) is 5.75 Å². The first-order valence-corrected chi connectivity index (χ1v) is 10.8. The van der Waals surface area contributed by atoms with E-state index >= 15 is 0 Å². The van der Waals surface area contributed by atoms with Crippen molar-refractivity contribution in [3.63, 3.8) is 0 Å². The Morgan fingerprint density at radius 1 is 1.11 bits per heavy atom. The first-order chi connectivity index (χ1) is 13.1. The number of hydrogen-bond acceptors (Lipinski definition) is 4. The van der Waals surface area contributed by atoms with E-state index in [2.05, 4.69) is 27.7 Å². The molecule has 0 radical (unpaired) electrons. The number of likely N-dealkylation sites (tertiary alicyclic amines) is 1. The van der Waals surface area contributed by atoms with Crippen LogP contribution < -0.4 is 10.1 Å². The van der Waals surface area contributed by atoms with Crippen LogP contribution in [0.15, 0.2) is 35.7 Å². The predicted molar refractivity (Wildman–Crippen MR) is 112 cm³/mol. The van der Waals surface area contributed by atoms with E-state index in [0.717, 1.165) is 30.0 Å². The van der Waals surface area contributed by atoms with Crippen molar-refractivity contribution in [2.45, 2.75) is 45.6 Å². The maximum absolute atomic E-state index is 12.4. The second-order valence-electron chi connectivity index (χ2n) is 7.30. The lowest BCUT2D eigenvalue weighted by molar-refractivity contribution is -0.123. The van der Waals surface area contributed by atoms with Gasteiger partial charge in [0, 0.05) is 11.4 Å². The van der Waals surface area contributed by atoms with Crippen LogP contribution in [0.1, 0.15) is 47.7 Å². The van der Waals surface area contributed by atoms with Crippen LogP contribution in [0, 0.1) is 13.8 Å². The summed E-state index contributed by atoms with van der Waals surface area (Å²) >= 11 is 1.77. The first-order valence-electron chi connectivity index (χ1n) is 9.88. The van der Waals surface area contributed by atoms with E-state index in [1.807, 2.05) is 32.0 Å². The number of amides is 1. The summed E-state index contributed by atoms with van der Waals surface area (Å²) in [6.07, 6.45) is 5.10. The fourth-order valence-corrected chi connectivity index (χ4v) is 4.58. The van der Waals surface area contributed by atoms with Crippen molar-refractivity contribution in [1.82, 2.24) is 10.2 Å². The van der Waals surface area contributed by atoms with E-state index in [1.54, 1.807) is 11.3 Å². The third-order valence-corrected chi connectivity index (χ3v) is 6.18. The van der Waals surface area contributed by atoms with E-state index in [0.29, 0.717) is 6.54 Å². The minimum Gasteiger partial charge on any atom is -0.483 e. The summed E-state index contributed by atoms with van der Waals surface area (Å²) in [5.74, 6) is 0.754. The van der Waals surface area contributed by atoms with Gasteiger partial charge in [0.05, 0.1) is 6.04 Å². The predicted octanol–water partition coefficient (Wildman–Crippen LogP) is 4.48. The molecule has 3 rings (SSSR count). The molecule has 4 nitrogen and oxygen atoms in total. The van der Waals surface area contributed by atoms with E-state index in [1.165, 1.54) is 30.6 Å². The van der Waals surface area contributed by atoms with Gasteiger partial charge in [-0.15, -0.1) is 11.3 Å². The lowest BCUT2D eigenvalue weighted by Crippen LogP contribution is -2.39. The first kappa shape index (κ1) is 19.9. The Morgan fingerprint density at radius 2 is 1.81 bits per heavy atom. The Balaban J connectivity index is 1.57. The van der Waals surface area contributed by atoms with Crippen molar-refractivity contribution >= 4 is 17.2 Å². The molecule has 0 bridgehead atoms. The summed E-state index contributed by atoms with van der Waals surface area (Å²) in [7, 11) is 0. The molecule has 146 valence electrons. The number of thiophene rings is 1. The van der Waals surface area contributed by atoms with Gasteiger partial charge in [-0.1, -0.05) is 37.1 Å². The van der Waals surface area contributed by atoms with Gasteiger partial charge in [-0.3, -0.25) is 9.69 Å². The minimum absolute atomic E-state index is 0.0584. The zero-order valence-electron chi connectivity index (χ0n) is 16.4. The Bertz CT molecular complexity index is 702. The standard InChI is InChI=1S/C22H30N2O2S/c1-17-9-7-10-18(2)22(17)26-16-21(25)23-15-19(20-11-8-14-27-20)24-12-5-3-4-6-13-24/h7-11,14,19H,3-6,12-13,15-16H2,1-2H3,(H,23,25)/t19-/m0/s1. The van der Waals surface area contributed by atoms with Crippen LogP contribution in [0.5, 0.6) is 5.75 Å². The number of benzene rings is 1. The Morgan fingerprint density at radius 3 is 2.44 bits per heavy atom. The number of hydrogen-bond donors (Lipinski definition) is 1. The second-order valence-corrected chi connectivity index (χ2v) is 8.27. The second kappa shape index (κ2) is 9.90. The van der Waals surface area contributed by atoms with Gasteiger partial charge in [0.25, 0.3) is 5.91 Å². The number of nitrogens with zero attached hydrogens (tertiary/aromatic N) is 1. The van der Waals surface area contributed by atoms with Gasteiger partial charge < -0.3 is 10.1 Å². The third kappa shape index (κ3) is 5.56. The van der Waals surface area contributed by atoms with Crippen molar-refractivity contribution in [2.24, 2.45) is 0 Å². The Labute approximate surface area is 166 Å². The van der Waals surface area contributed by atoms with Crippen LogP contribution in [-0.2, 0) is 4.79 Å². The summed E-state index contributed by atoms with van der Waals surface area (Å²) in [5, 5.41) is 5.22. The van der Waals surface area contributed by atoms with Gasteiger partial charge in [0.2, 0.25) is 0 Å². The molecule has 2 heterocycles. The fourth-order valence-electron chi connectivity index (χ4n) is 3.72. The van der Waals surface area contributed by atoms with E-state index in [4.69, 9.17) is 4.74 Å². The molecule has 1 fully saturated rings. The Hall–Kier alpha value is -1.85. The molecule has 0 aliphatic carbocycles. The quantitative estimate of drug-likeness (QED) is 0.763. The summed E-state index contributed by atoms with van der Waals surface area (Å²) < 4.78 is 5.79. The van der Waals surface area contributed by atoms with E-state index < -0.39 is 0 Å². The van der Waals surface area contributed by atoms with Crippen LogP contribution in [0.25, 0.3) is 0 Å². The highest BCUT2D eigenvalue weighted by molar-refractivity contribution is 7.10. The topological polar surface area (TPSA) is 41.6 Å². The van der Waals surface area contributed by atoms with Crippen LogP contribution >= 0.6 is 11.3 Å². The minimum atomic E-state index is -0.0611. The molecular weight excluding hydrogens is 356 g/mol. The lowest BCUT2D eigenvalue weighted by atomic mass is 10.1. The molecule has 5 heteroatoms. The average Bonchev–Trinajstić information content (AvgIpc) is 3.04. The number of rotatable bonds is 7. The molecule has 1 atom stereocenters. The largest absolute Gasteiger partial charge is 0.483 e. The zero-order valence-corrected chi connectivity index (χ0v) is 17.2. The molecule has 0 unspecified atom stereocenters. The molecule has 27 heavy (non-hydrogen) atoms. The van der Waals surface area contributed by atoms with Crippen molar-refractivity contribution < 1.29 is 9.53 Å². The zero-order chi connectivity index (χ0) is 19.1. The number of aryl methyl sites for hydroxylation is 2. The molecule has 1 saturated heterocycles. The number of carbonyl (C=O) groups is 1. The highest BCUT2D eigenvalue weighted by Crippen LogP contribution is 2.27. The molecule has 1 amide bonds. The maximum Gasteiger partial charge on any atom is 0.258 e. The maximum atomic E-state index is 12.4. The molecular formula is C22H30N2O2S. The van der Waals surface area contributed by atoms with Gasteiger partial charge in [-0.05, 0) is 62.4 Å². The summed E-state index contributed by atoms with van der Waals surface area (Å²) in [5.41, 5.74) is 2.12. The third-order valence-electron chi connectivity index (χ3n) is 5.20. The molecule has 0 spiro atoms. The number of ether oxygens (including phenoxy) is 1. The van der Waals surface area contributed by atoms with Crippen molar-refractivity contribution in [1.29, 1.82) is 0 Å². The van der Waals surface area contributed by atoms with E-state index in [9.17, 15) is 4.79 Å². The highest BCUT2D eigenvalue weighted by atomic mass is 32.1. The summed E-state index contributed by atoms with van der Waals surface area (Å²) in [6.45, 7) is 6.92. The molecule has 1 aromatic heterocycles. The highest BCUT2D eigenvalue weighted by Gasteiger charge is 2.23. The van der Waals surface area contributed by atoms with Gasteiger partial charge in [0.15, 0.2) is 6.61 Å². The number of carbonyl (C=O) groups excluding carboxylic acids is 1. The lowest BCUT2D eigenvalue weighted by Gasteiger charge is -2.30. The molecule has 1 aromatic carbocycles. The normalized spacial score (nSPS) is 16.5.